The van der Waals surface area contributed by atoms with Crippen molar-refractivity contribution < 1.29 is 9.63 Å². The van der Waals surface area contributed by atoms with Crippen LogP contribution in [0.15, 0.2) is 51.5 Å². The molecule has 2 aromatic carbocycles. The average Bonchev–Trinajstić information content (AvgIpc) is 2.87. The Morgan fingerprint density at radius 1 is 1.10 bits per heavy atom. The third-order valence-electron chi connectivity index (χ3n) is 2.82. The first-order valence-corrected chi connectivity index (χ1v) is 6.82. The highest BCUT2D eigenvalue weighted by Crippen LogP contribution is 2.27. The Balaban J connectivity index is 2.02. The molecule has 0 saturated heterocycles. The molecule has 0 atom stereocenters. The number of aromatic hydroxyl groups is 1. The maximum Gasteiger partial charge on any atom is 0.258 e. The van der Waals surface area contributed by atoms with Crippen molar-refractivity contribution in [1.29, 1.82) is 0 Å². The lowest BCUT2D eigenvalue weighted by Crippen LogP contribution is -1.82. The van der Waals surface area contributed by atoms with Crippen LogP contribution in [-0.2, 0) is 0 Å². The van der Waals surface area contributed by atoms with E-state index in [0.717, 1.165) is 15.6 Å². The topological polar surface area (TPSA) is 59.2 Å². The highest BCUT2D eigenvalue weighted by atomic mass is 79.9. The van der Waals surface area contributed by atoms with E-state index in [4.69, 9.17) is 4.52 Å². The number of aryl methyl sites for hydroxylation is 1. The fraction of sp³-hybridized carbons (Fsp3) is 0.0667. The summed E-state index contributed by atoms with van der Waals surface area (Å²) in [5.41, 5.74) is 2.67. The van der Waals surface area contributed by atoms with Crippen LogP contribution >= 0.6 is 15.9 Å². The van der Waals surface area contributed by atoms with Crippen LogP contribution < -0.4 is 0 Å². The van der Waals surface area contributed by atoms with Crippen molar-refractivity contribution in [2.75, 3.05) is 0 Å². The summed E-state index contributed by atoms with van der Waals surface area (Å²) in [6.07, 6.45) is 0. The largest absolute Gasteiger partial charge is 0.508 e. The number of benzene rings is 2. The monoisotopic (exact) mass is 330 g/mol. The van der Waals surface area contributed by atoms with Gasteiger partial charge in [-0.2, -0.15) is 4.98 Å². The lowest BCUT2D eigenvalue weighted by molar-refractivity contribution is 0.432. The van der Waals surface area contributed by atoms with E-state index in [1.165, 1.54) is 0 Å². The van der Waals surface area contributed by atoms with Gasteiger partial charge in [-0.15, -0.1) is 0 Å². The zero-order valence-electron chi connectivity index (χ0n) is 10.7. The number of rotatable bonds is 2. The summed E-state index contributed by atoms with van der Waals surface area (Å²) in [6.45, 7) is 2.00. The van der Waals surface area contributed by atoms with E-state index in [1.807, 2.05) is 31.2 Å². The minimum Gasteiger partial charge on any atom is -0.508 e. The van der Waals surface area contributed by atoms with Gasteiger partial charge in [0.05, 0.1) is 0 Å². The van der Waals surface area contributed by atoms with Crippen LogP contribution in [0, 0.1) is 6.92 Å². The SMILES string of the molecule is Cc1cc(Br)cc(-c2nc(-c3cccc(O)c3)no2)c1. The average molecular weight is 331 g/mol. The number of nitrogens with zero attached hydrogens (tertiary/aromatic N) is 2. The predicted octanol–water partition coefficient (Wildman–Crippen LogP) is 4.18. The van der Waals surface area contributed by atoms with Crippen molar-refractivity contribution in [1.82, 2.24) is 10.1 Å². The second kappa shape index (κ2) is 5.09. The van der Waals surface area contributed by atoms with Crippen LogP contribution in [0.4, 0.5) is 0 Å². The van der Waals surface area contributed by atoms with E-state index >= 15 is 0 Å². The number of hydrogen-bond acceptors (Lipinski definition) is 4. The first-order valence-electron chi connectivity index (χ1n) is 6.02. The lowest BCUT2D eigenvalue weighted by atomic mass is 10.1. The maximum atomic E-state index is 9.48. The molecule has 0 saturated carbocycles. The van der Waals surface area contributed by atoms with E-state index in [1.54, 1.807) is 18.2 Å². The Bertz CT molecular complexity index is 748. The van der Waals surface area contributed by atoms with Crippen LogP contribution in [0.5, 0.6) is 5.75 Å². The van der Waals surface area contributed by atoms with Gasteiger partial charge in [0.25, 0.3) is 5.89 Å². The van der Waals surface area contributed by atoms with Crippen LogP contribution in [0.1, 0.15) is 5.56 Å². The summed E-state index contributed by atoms with van der Waals surface area (Å²) in [5.74, 6) is 1.08. The second-order valence-corrected chi connectivity index (χ2v) is 5.41. The Morgan fingerprint density at radius 3 is 2.70 bits per heavy atom. The van der Waals surface area contributed by atoms with Gasteiger partial charge in [-0.1, -0.05) is 33.2 Å². The van der Waals surface area contributed by atoms with E-state index < -0.39 is 0 Å². The Kier molecular flexibility index (Phi) is 3.28. The van der Waals surface area contributed by atoms with Crippen molar-refractivity contribution in [2.45, 2.75) is 6.92 Å². The number of hydrogen-bond donors (Lipinski definition) is 1. The number of phenolic OH excluding ortho intramolecular Hbond substituents is 1. The van der Waals surface area contributed by atoms with Gasteiger partial charge in [0.1, 0.15) is 5.75 Å². The summed E-state index contributed by atoms with van der Waals surface area (Å²) < 4.78 is 6.25. The highest BCUT2D eigenvalue weighted by molar-refractivity contribution is 9.10. The van der Waals surface area contributed by atoms with Crippen LogP contribution in [0.2, 0.25) is 0 Å². The molecule has 0 spiro atoms. The van der Waals surface area contributed by atoms with Gasteiger partial charge in [-0.25, -0.2) is 0 Å². The zero-order valence-corrected chi connectivity index (χ0v) is 12.3. The van der Waals surface area contributed by atoms with Crippen LogP contribution in [0.25, 0.3) is 22.8 Å². The van der Waals surface area contributed by atoms with E-state index in [-0.39, 0.29) is 5.75 Å². The molecule has 1 heterocycles. The molecular weight excluding hydrogens is 320 g/mol. The zero-order chi connectivity index (χ0) is 14.1. The third-order valence-corrected chi connectivity index (χ3v) is 3.28. The first kappa shape index (κ1) is 12.9. The highest BCUT2D eigenvalue weighted by Gasteiger charge is 2.11. The fourth-order valence-electron chi connectivity index (χ4n) is 1.96. The molecule has 1 N–H and O–H groups in total. The number of aromatic nitrogens is 2. The molecule has 5 heteroatoms. The predicted molar refractivity (Wildman–Crippen MR) is 79.3 cm³/mol. The van der Waals surface area contributed by atoms with Gasteiger partial charge in [-0.3, -0.25) is 0 Å². The van der Waals surface area contributed by atoms with E-state index in [2.05, 4.69) is 26.1 Å². The maximum absolute atomic E-state index is 9.48. The molecule has 0 amide bonds. The normalized spacial score (nSPS) is 10.7. The fourth-order valence-corrected chi connectivity index (χ4v) is 2.57. The molecule has 20 heavy (non-hydrogen) atoms. The first-order chi connectivity index (χ1) is 9.61. The summed E-state index contributed by atoms with van der Waals surface area (Å²) in [4.78, 5) is 4.36. The molecule has 0 radical (unpaired) electrons. The summed E-state index contributed by atoms with van der Waals surface area (Å²) in [6, 6.07) is 12.7. The molecule has 0 aliphatic rings. The van der Waals surface area contributed by atoms with E-state index in [0.29, 0.717) is 17.3 Å². The Hall–Kier alpha value is -2.14. The third kappa shape index (κ3) is 2.58. The minimum absolute atomic E-state index is 0.173. The molecule has 3 rings (SSSR count). The van der Waals surface area contributed by atoms with Crippen molar-refractivity contribution in [2.24, 2.45) is 0 Å². The second-order valence-electron chi connectivity index (χ2n) is 4.49. The van der Waals surface area contributed by atoms with Gasteiger partial charge >= 0.3 is 0 Å². The van der Waals surface area contributed by atoms with Crippen LogP contribution in [0.3, 0.4) is 0 Å². The summed E-state index contributed by atoms with van der Waals surface area (Å²) in [7, 11) is 0. The van der Waals surface area contributed by atoms with Crippen LogP contribution in [-0.4, -0.2) is 15.2 Å². The summed E-state index contributed by atoms with van der Waals surface area (Å²) in [5, 5.41) is 13.4. The summed E-state index contributed by atoms with van der Waals surface area (Å²) >= 11 is 3.45. The Morgan fingerprint density at radius 2 is 1.95 bits per heavy atom. The molecule has 0 bridgehead atoms. The molecule has 0 aliphatic carbocycles. The molecule has 100 valence electrons. The smallest absolute Gasteiger partial charge is 0.258 e. The number of phenols is 1. The van der Waals surface area contributed by atoms with Crippen molar-refractivity contribution >= 4 is 15.9 Å². The molecule has 0 fully saturated rings. The van der Waals surface area contributed by atoms with E-state index in [9.17, 15) is 5.11 Å². The van der Waals surface area contributed by atoms with Gasteiger partial charge in [-0.05, 0) is 42.8 Å². The van der Waals surface area contributed by atoms with Gasteiger partial charge in [0, 0.05) is 15.6 Å². The van der Waals surface area contributed by atoms with Crippen molar-refractivity contribution in [3.05, 3.63) is 52.5 Å². The minimum atomic E-state index is 0.173. The number of halogens is 1. The molecular formula is C15H11BrN2O2. The molecule has 4 nitrogen and oxygen atoms in total. The lowest BCUT2D eigenvalue weighted by Gasteiger charge is -1.98. The van der Waals surface area contributed by atoms with Crippen molar-refractivity contribution in [3.8, 4) is 28.6 Å². The molecule has 0 aliphatic heterocycles. The quantitative estimate of drug-likeness (QED) is 0.765. The van der Waals surface area contributed by atoms with Crippen molar-refractivity contribution in [3.63, 3.8) is 0 Å². The molecule has 0 unspecified atom stereocenters. The van der Waals surface area contributed by atoms with Gasteiger partial charge < -0.3 is 9.63 Å². The molecule has 3 aromatic rings. The van der Waals surface area contributed by atoms with Gasteiger partial charge in [0.2, 0.25) is 5.82 Å². The van der Waals surface area contributed by atoms with Gasteiger partial charge in [0.15, 0.2) is 0 Å². The molecule has 1 aromatic heterocycles. The standard InChI is InChI=1S/C15H11BrN2O2/c1-9-5-11(7-12(16)6-9)15-17-14(18-20-15)10-3-2-4-13(19)8-10/h2-8,19H,1H3. The Labute approximate surface area is 124 Å².